The molecule has 2 atom stereocenters. The second-order valence-electron chi connectivity index (χ2n) is 8.50. The van der Waals surface area contributed by atoms with E-state index in [2.05, 4.69) is 13.8 Å². The highest BCUT2D eigenvalue weighted by atomic mass is 19.2. The summed E-state index contributed by atoms with van der Waals surface area (Å²) in [5.74, 6) is -1.66. The third-order valence-corrected chi connectivity index (χ3v) is 6.19. The number of hydrogen-bond acceptors (Lipinski definition) is 1. The van der Waals surface area contributed by atoms with E-state index in [1.54, 1.807) is 24.3 Å². The van der Waals surface area contributed by atoms with Crippen LogP contribution in [0, 0.1) is 23.4 Å². The highest BCUT2D eigenvalue weighted by Gasteiger charge is 2.27. The van der Waals surface area contributed by atoms with Gasteiger partial charge in [-0.3, -0.25) is 0 Å². The molecule has 0 radical (unpaired) electrons. The van der Waals surface area contributed by atoms with Crippen LogP contribution in [0.1, 0.15) is 82.4 Å². The fourth-order valence-corrected chi connectivity index (χ4v) is 4.38. The molecule has 1 heterocycles. The minimum atomic E-state index is -0.929. The first-order valence-electron chi connectivity index (χ1n) is 11.4. The van der Waals surface area contributed by atoms with Crippen LogP contribution in [0.5, 0.6) is 0 Å². The van der Waals surface area contributed by atoms with Gasteiger partial charge in [-0.2, -0.15) is 0 Å². The van der Waals surface area contributed by atoms with Crippen molar-refractivity contribution in [2.45, 2.75) is 77.7 Å². The molecule has 164 valence electrons. The van der Waals surface area contributed by atoms with Gasteiger partial charge in [0.05, 0.1) is 12.7 Å². The van der Waals surface area contributed by atoms with E-state index in [0.717, 1.165) is 44.9 Å². The van der Waals surface area contributed by atoms with Crippen LogP contribution < -0.4 is 0 Å². The van der Waals surface area contributed by atoms with Gasteiger partial charge < -0.3 is 4.74 Å². The third kappa shape index (κ3) is 5.46. The number of aryl methyl sites for hydroxylation is 1. The topological polar surface area (TPSA) is 9.23 Å². The van der Waals surface area contributed by atoms with Crippen LogP contribution in [0.2, 0.25) is 0 Å². The number of benzene rings is 2. The van der Waals surface area contributed by atoms with Crippen molar-refractivity contribution in [3.05, 3.63) is 58.9 Å². The monoisotopic (exact) mass is 418 g/mol. The summed E-state index contributed by atoms with van der Waals surface area (Å²) in [6, 6.07) is 7.83. The molecule has 0 N–H and O–H groups in total. The van der Waals surface area contributed by atoms with Gasteiger partial charge in [0.25, 0.3) is 0 Å². The molecule has 4 heteroatoms. The Morgan fingerprint density at radius 1 is 0.900 bits per heavy atom. The van der Waals surface area contributed by atoms with Gasteiger partial charge in [0.2, 0.25) is 0 Å². The molecule has 3 rings (SSSR count). The van der Waals surface area contributed by atoms with Crippen LogP contribution >= 0.6 is 0 Å². The summed E-state index contributed by atoms with van der Waals surface area (Å²) in [6.07, 6.45) is 8.39. The van der Waals surface area contributed by atoms with Crippen molar-refractivity contribution >= 4 is 0 Å². The van der Waals surface area contributed by atoms with E-state index in [4.69, 9.17) is 4.74 Å². The third-order valence-electron chi connectivity index (χ3n) is 6.19. The number of ether oxygens (including phenoxy) is 1. The van der Waals surface area contributed by atoms with Gasteiger partial charge in [-0.25, -0.2) is 13.2 Å². The van der Waals surface area contributed by atoms with Crippen LogP contribution in [-0.4, -0.2) is 6.61 Å². The quantitative estimate of drug-likeness (QED) is 0.373. The second kappa shape index (κ2) is 11.0. The molecular formula is C26H33F3O. The number of hydrogen-bond donors (Lipinski definition) is 0. The minimum absolute atomic E-state index is 0.0901. The first-order valence-corrected chi connectivity index (χ1v) is 11.4. The average Bonchev–Trinajstić information content (AvgIpc) is 2.75. The molecule has 2 aromatic carbocycles. The lowest BCUT2D eigenvalue weighted by molar-refractivity contribution is -0.0214. The number of rotatable bonds is 9. The van der Waals surface area contributed by atoms with E-state index < -0.39 is 17.7 Å². The lowest BCUT2D eigenvalue weighted by Gasteiger charge is -2.29. The van der Waals surface area contributed by atoms with Crippen LogP contribution in [0.3, 0.4) is 0 Å². The molecule has 0 amide bonds. The SMILES string of the molecule is CCCCCCc1ccc(-c2ccc(C3CCC(CCC)CO3)c(F)c2F)cc1F. The van der Waals surface area contributed by atoms with Gasteiger partial charge in [0.15, 0.2) is 11.6 Å². The fourth-order valence-electron chi connectivity index (χ4n) is 4.38. The Morgan fingerprint density at radius 2 is 1.73 bits per heavy atom. The lowest BCUT2D eigenvalue weighted by atomic mass is 9.90. The normalized spacial score (nSPS) is 19.2. The molecule has 2 aromatic rings. The summed E-state index contributed by atoms with van der Waals surface area (Å²) in [4.78, 5) is 0. The molecule has 0 saturated carbocycles. The standard InChI is InChI=1S/C26H33F3O/c1-3-5-6-7-9-19-11-12-20(16-23(19)27)21-13-14-22(26(29)25(21)28)24-15-10-18(8-4-2)17-30-24/h11-14,16,18,24H,3-10,15,17H2,1-2H3. The summed E-state index contributed by atoms with van der Waals surface area (Å²) in [7, 11) is 0. The van der Waals surface area contributed by atoms with Crippen molar-refractivity contribution in [3.8, 4) is 11.1 Å². The van der Waals surface area contributed by atoms with Gasteiger partial charge in [0, 0.05) is 11.1 Å². The molecule has 0 bridgehead atoms. The predicted octanol–water partition coefficient (Wildman–Crippen LogP) is 8.16. The molecule has 1 aliphatic heterocycles. The number of halogens is 3. The highest BCUT2D eigenvalue weighted by Crippen LogP contribution is 2.36. The molecule has 1 fully saturated rings. The molecule has 30 heavy (non-hydrogen) atoms. The van der Waals surface area contributed by atoms with Gasteiger partial charge in [-0.15, -0.1) is 0 Å². The molecule has 2 unspecified atom stereocenters. The van der Waals surface area contributed by atoms with E-state index >= 15 is 0 Å². The molecule has 1 saturated heterocycles. The Kier molecular flexibility index (Phi) is 8.38. The smallest absolute Gasteiger partial charge is 0.167 e. The van der Waals surface area contributed by atoms with Crippen molar-refractivity contribution in [1.29, 1.82) is 0 Å². The van der Waals surface area contributed by atoms with Gasteiger partial charge in [0.1, 0.15) is 5.82 Å². The Hall–Kier alpha value is -1.81. The number of unbranched alkanes of at least 4 members (excludes halogenated alkanes) is 3. The fraction of sp³-hybridized carbons (Fsp3) is 0.538. The summed E-state index contributed by atoms with van der Waals surface area (Å²) in [6.45, 7) is 4.87. The second-order valence-corrected chi connectivity index (χ2v) is 8.50. The molecule has 0 aliphatic carbocycles. The summed E-state index contributed by atoms with van der Waals surface area (Å²) >= 11 is 0. The van der Waals surface area contributed by atoms with Crippen molar-refractivity contribution in [1.82, 2.24) is 0 Å². The largest absolute Gasteiger partial charge is 0.373 e. The van der Waals surface area contributed by atoms with Crippen molar-refractivity contribution < 1.29 is 17.9 Å². The van der Waals surface area contributed by atoms with Crippen molar-refractivity contribution in [3.63, 3.8) is 0 Å². The van der Waals surface area contributed by atoms with E-state index in [-0.39, 0.29) is 16.9 Å². The Balaban J connectivity index is 1.73. The van der Waals surface area contributed by atoms with Crippen LogP contribution in [0.15, 0.2) is 30.3 Å². The van der Waals surface area contributed by atoms with Crippen LogP contribution in [0.25, 0.3) is 11.1 Å². The molecule has 0 aromatic heterocycles. The minimum Gasteiger partial charge on any atom is -0.373 e. The lowest BCUT2D eigenvalue weighted by Crippen LogP contribution is -2.21. The summed E-state index contributed by atoms with van der Waals surface area (Å²) in [5, 5.41) is 0. The average molecular weight is 419 g/mol. The zero-order chi connectivity index (χ0) is 21.5. The zero-order valence-corrected chi connectivity index (χ0v) is 18.2. The molecule has 1 nitrogen and oxygen atoms in total. The summed E-state index contributed by atoms with van der Waals surface area (Å²) < 4.78 is 50.1. The van der Waals surface area contributed by atoms with Crippen molar-refractivity contribution in [2.24, 2.45) is 5.92 Å². The Morgan fingerprint density at radius 3 is 2.40 bits per heavy atom. The zero-order valence-electron chi connectivity index (χ0n) is 18.2. The molecule has 1 aliphatic rings. The predicted molar refractivity (Wildman–Crippen MR) is 116 cm³/mol. The van der Waals surface area contributed by atoms with Gasteiger partial charge >= 0.3 is 0 Å². The molecule has 0 spiro atoms. The van der Waals surface area contributed by atoms with Crippen LogP contribution in [0.4, 0.5) is 13.2 Å². The van der Waals surface area contributed by atoms with Crippen LogP contribution in [-0.2, 0) is 11.2 Å². The Labute approximate surface area is 178 Å². The molecular weight excluding hydrogens is 385 g/mol. The van der Waals surface area contributed by atoms with Gasteiger partial charge in [-0.1, -0.05) is 63.8 Å². The maximum Gasteiger partial charge on any atom is 0.167 e. The van der Waals surface area contributed by atoms with Gasteiger partial charge in [-0.05, 0) is 55.2 Å². The maximum absolute atomic E-state index is 14.9. The summed E-state index contributed by atoms with van der Waals surface area (Å²) in [5.41, 5.74) is 1.34. The van der Waals surface area contributed by atoms with E-state index in [1.165, 1.54) is 6.07 Å². The highest BCUT2D eigenvalue weighted by molar-refractivity contribution is 5.65. The van der Waals surface area contributed by atoms with E-state index in [1.807, 2.05) is 0 Å². The first kappa shape index (κ1) is 22.9. The van der Waals surface area contributed by atoms with Crippen molar-refractivity contribution in [2.75, 3.05) is 6.61 Å². The van der Waals surface area contributed by atoms with E-state index in [9.17, 15) is 13.2 Å². The maximum atomic E-state index is 14.9. The Bertz CT molecular complexity index is 825. The van der Waals surface area contributed by atoms with E-state index in [0.29, 0.717) is 36.5 Å². The first-order chi connectivity index (χ1) is 14.5.